The summed E-state index contributed by atoms with van der Waals surface area (Å²) in [5.74, 6) is 6.36. The molecule has 0 radical (unpaired) electrons. The molecule has 0 unspecified atom stereocenters. The fourth-order valence-corrected chi connectivity index (χ4v) is 2.34. The van der Waals surface area contributed by atoms with E-state index in [-0.39, 0.29) is 11.6 Å². The maximum atomic E-state index is 11.9. The van der Waals surface area contributed by atoms with E-state index in [0.29, 0.717) is 18.1 Å². The van der Waals surface area contributed by atoms with Crippen molar-refractivity contribution in [2.24, 2.45) is 0 Å². The van der Waals surface area contributed by atoms with Crippen molar-refractivity contribution in [1.82, 2.24) is 15.3 Å². The number of anilines is 1. The first-order valence-corrected chi connectivity index (χ1v) is 7.03. The van der Waals surface area contributed by atoms with Gasteiger partial charge in [0.05, 0.1) is 23.6 Å². The van der Waals surface area contributed by atoms with Gasteiger partial charge in [0.2, 0.25) is 5.82 Å². The van der Waals surface area contributed by atoms with Crippen molar-refractivity contribution < 1.29 is 4.79 Å². The molecule has 1 N–H and O–H groups in total. The molecule has 1 aromatic heterocycles. The van der Waals surface area contributed by atoms with Crippen LogP contribution in [0.3, 0.4) is 0 Å². The van der Waals surface area contributed by atoms with Gasteiger partial charge in [0, 0.05) is 12.1 Å². The quantitative estimate of drug-likeness (QED) is 0.820. The smallest absolute Gasteiger partial charge is 0.322 e. The maximum absolute atomic E-state index is 11.9. The average molecular weight is 292 g/mol. The minimum Gasteiger partial charge on any atom is -0.335 e. The number of hydrogen-bond acceptors (Lipinski definition) is 3. The summed E-state index contributed by atoms with van der Waals surface area (Å²) in [4.78, 5) is 22.0. The first-order chi connectivity index (χ1) is 10.6. The van der Waals surface area contributed by atoms with Gasteiger partial charge in [-0.05, 0) is 31.9 Å². The Balaban J connectivity index is 1.82. The van der Waals surface area contributed by atoms with E-state index >= 15 is 0 Å². The fraction of sp³-hybridized carbons (Fsp3) is 0.235. The monoisotopic (exact) mass is 292 g/mol. The highest BCUT2D eigenvalue weighted by Gasteiger charge is 2.38. The molecule has 0 atom stereocenters. The lowest BCUT2D eigenvalue weighted by atomic mass is 10.1. The summed E-state index contributed by atoms with van der Waals surface area (Å²) in [5, 5.41) is 2.82. The van der Waals surface area contributed by atoms with Crippen molar-refractivity contribution >= 4 is 11.7 Å². The molecule has 5 heteroatoms. The number of nitrogens with one attached hydrogen (secondary N) is 1. The summed E-state index contributed by atoms with van der Waals surface area (Å²) in [6.45, 7) is 4.59. The highest BCUT2D eigenvalue weighted by Crippen LogP contribution is 2.26. The van der Waals surface area contributed by atoms with Crippen molar-refractivity contribution in [1.29, 1.82) is 0 Å². The molecule has 0 spiro atoms. The molecule has 0 saturated carbocycles. The molecule has 2 amide bonds. The van der Waals surface area contributed by atoms with Crippen molar-refractivity contribution in [3.63, 3.8) is 0 Å². The SMILES string of the molecule is CC1(C)CNC(=O)N1c1cnc(C#Cc2ccccc2)nc1. The highest BCUT2D eigenvalue weighted by atomic mass is 16.2. The van der Waals surface area contributed by atoms with E-state index in [1.165, 1.54) is 0 Å². The van der Waals surface area contributed by atoms with E-state index in [2.05, 4.69) is 27.1 Å². The number of carbonyl (C=O) groups excluding carboxylic acids is 1. The second kappa shape index (κ2) is 5.49. The van der Waals surface area contributed by atoms with Gasteiger partial charge in [-0.15, -0.1) is 0 Å². The van der Waals surface area contributed by atoms with Gasteiger partial charge < -0.3 is 5.32 Å². The van der Waals surface area contributed by atoms with E-state index in [4.69, 9.17) is 0 Å². The Morgan fingerprint density at radius 2 is 1.82 bits per heavy atom. The third-order valence-corrected chi connectivity index (χ3v) is 3.47. The molecule has 110 valence electrons. The number of aromatic nitrogens is 2. The fourth-order valence-electron chi connectivity index (χ4n) is 2.34. The van der Waals surface area contributed by atoms with Crippen LogP contribution >= 0.6 is 0 Å². The number of amides is 2. The molecule has 1 aliphatic heterocycles. The first kappa shape index (κ1) is 14.1. The second-order valence-corrected chi connectivity index (χ2v) is 5.69. The summed E-state index contributed by atoms with van der Waals surface area (Å²) in [7, 11) is 0. The van der Waals surface area contributed by atoms with Crippen LogP contribution in [-0.2, 0) is 0 Å². The van der Waals surface area contributed by atoms with Gasteiger partial charge in [-0.25, -0.2) is 14.8 Å². The van der Waals surface area contributed by atoms with Gasteiger partial charge in [-0.2, -0.15) is 0 Å². The van der Waals surface area contributed by atoms with E-state index in [9.17, 15) is 4.79 Å². The van der Waals surface area contributed by atoms with E-state index < -0.39 is 0 Å². The first-order valence-electron chi connectivity index (χ1n) is 7.03. The zero-order chi connectivity index (χ0) is 15.6. The van der Waals surface area contributed by atoms with Gasteiger partial charge in [0.1, 0.15) is 0 Å². The Kier molecular flexibility index (Phi) is 3.51. The van der Waals surface area contributed by atoms with E-state index in [1.807, 2.05) is 44.2 Å². The lowest BCUT2D eigenvalue weighted by molar-refractivity contribution is 0.251. The molecule has 1 saturated heterocycles. The molecular formula is C17H16N4O. The zero-order valence-corrected chi connectivity index (χ0v) is 12.5. The molecule has 3 rings (SSSR count). The molecule has 1 aliphatic rings. The number of hydrogen-bond donors (Lipinski definition) is 1. The number of carbonyl (C=O) groups is 1. The number of rotatable bonds is 1. The average Bonchev–Trinajstić information content (AvgIpc) is 2.80. The highest BCUT2D eigenvalue weighted by molar-refractivity contribution is 5.95. The number of urea groups is 1. The maximum Gasteiger partial charge on any atom is 0.322 e. The van der Waals surface area contributed by atoms with Crippen LogP contribution in [0, 0.1) is 11.8 Å². The van der Waals surface area contributed by atoms with Crippen molar-refractivity contribution in [2.75, 3.05) is 11.4 Å². The zero-order valence-electron chi connectivity index (χ0n) is 12.5. The van der Waals surface area contributed by atoms with Crippen LogP contribution in [0.25, 0.3) is 0 Å². The minimum atomic E-state index is -0.294. The van der Waals surface area contributed by atoms with Gasteiger partial charge in [-0.3, -0.25) is 4.90 Å². The predicted molar refractivity (Wildman–Crippen MR) is 84.4 cm³/mol. The van der Waals surface area contributed by atoms with E-state index in [1.54, 1.807) is 17.3 Å². The van der Waals surface area contributed by atoms with Crippen LogP contribution < -0.4 is 10.2 Å². The molecule has 22 heavy (non-hydrogen) atoms. The third kappa shape index (κ3) is 2.77. The van der Waals surface area contributed by atoms with Crippen molar-refractivity contribution in [3.05, 3.63) is 54.1 Å². The van der Waals surface area contributed by atoms with Crippen LogP contribution in [0.5, 0.6) is 0 Å². The van der Waals surface area contributed by atoms with Crippen LogP contribution in [-0.4, -0.2) is 28.1 Å². The Morgan fingerprint density at radius 1 is 1.14 bits per heavy atom. The number of benzene rings is 1. The molecule has 0 aliphatic carbocycles. The van der Waals surface area contributed by atoms with Gasteiger partial charge in [0.25, 0.3) is 0 Å². The molecule has 1 fully saturated rings. The normalized spacial score (nSPS) is 15.9. The lowest BCUT2D eigenvalue weighted by Crippen LogP contribution is -2.42. The molecule has 2 aromatic rings. The van der Waals surface area contributed by atoms with Gasteiger partial charge >= 0.3 is 6.03 Å². The number of nitrogens with zero attached hydrogens (tertiary/aromatic N) is 3. The summed E-state index contributed by atoms with van der Waals surface area (Å²) >= 11 is 0. The summed E-state index contributed by atoms with van der Waals surface area (Å²) in [6, 6.07) is 9.54. The lowest BCUT2D eigenvalue weighted by Gasteiger charge is -2.28. The Hall–Kier alpha value is -2.87. The summed E-state index contributed by atoms with van der Waals surface area (Å²) in [5.41, 5.74) is 1.29. The Labute approximate surface area is 129 Å². The second-order valence-electron chi connectivity index (χ2n) is 5.69. The molecule has 2 heterocycles. The molecule has 1 aromatic carbocycles. The van der Waals surface area contributed by atoms with Gasteiger partial charge in [0.15, 0.2) is 0 Å². The van der Waals surface area contributed by atoms with Crippen LogP contribution in [0.15, 0.2) is 42.7 Å². The van der Waals surface area contributed by atoms with Crippen LogP contribution in [0.1, 0.15) is 25.2 Å². The van der Waals surface area contributed by atoms with E-state index in [0.717, 1.165) is 5.56 Å². The largest absolute Gasteiger partial charge is 0.335 e. The minimum absolute atomic E-state index is 0.128. The van der Waals surface area contributed by atoms with Crippen molar-refractivity contribution in [3.8, 4) is 11.8 Å². The van der Waals surface area contributed by atoms with Crippen LogP contribution in [0.4, 0.5) is 10.5 Å². The molecule has 0 bridgehead atoms. The Morgan fingerprint density at radius 3 is 2.41 bits per heavy atom. The van der Waals surface area contributed by atoms with Crippen LogP contribution in [0.2, 0.25) is 0 Å². The molecular weight excluding hydrogens is 276 g/mol. The summed E-state index contributed by atoms with van der Waals surface area (Å²) < 4.78 is 0. The van der Waals surface area contributed by atoms with Gasteiger partial charge in [-0.1, -0.05) is 24.1 Å². The Bertz CT molecular complexity index is 742. The standard InChI is InChI=1S/C17H16N4O/c1-17(2)12-20-16(22)21(17)14-10-18-15(19-11-14)9-8-13-6-4-3-5-7-13/h3-7,10-11H,12H2,1-2H3,(H,20,22). The molecule has 5 nitrogen and oxygen atoms in total. The topological polar surface area (TPSA) is 58.1 Å². The third-order valence-electron chi connectivity index (χ3n) is 3.47. The van der Waals surface area contributed by atoms with Crippen molar-refractivity contribution in [2.45, 2.75) is 19.4 Å². The predicted octanol–water partition coefficient (Wildman–Crippen LogP) is 2.18. The summed E-state index contributed by atoms with van der Waals surface area (Å²) in [6.07, 6.45) is 3.27.